The van der Waals surface area contributed by atoms with E-state index in [1.165, 1.54) is 0 Å². The summed E-state index contributed by atoms with van der Waals surface area (Å²) < 4.78 is 22.1. The summed E-state index contributed by atoms with van der Waals surface area (Å²) in [6.45, 7) is 2.40. The highest BCUT2D eigenvalue weighted by atomic mass is 19.1. The van der Waals surface area contributed by atoms with Crippen LogP contribution in [0.2, 0.25) is 0 Å². The number of pyridine rings is 1. The van der Waals surface area contributed by atoms with Gasteiger partial charge in [0.15, 0.2) is 11.6 Å². The summed E-state index contributed by atoms with van der Waals surface area (Å²) in [6, 6.07) is 5.41. The van der Waals surface area contributed by atoms with Crippen molar-refractivity contribution in [3.05, 3.63) is 36.4 Å². The van der Waals surface area contributed by atoms with Gasteiger partial charge in [0.2, 0.25) is 11.7 Å². The normalized spacial score (nSPS) is 16.6. The van der Waals surface area contributed by atoms with E-state index >= 15 is 4.39 Å². The Bertz CT molecular complexity index is 1060. The van der Waals surface area contributed by atoms with Crippen LogP contribution in [0.5, 0.6) is 5.88 Å². The number of amides is 1. The molecule has 0 bridgehead atoms. The Morgan fingerprint density at radius 3 is 3.07 bits per heavy atom. The minimum absolute atomic E-state index is 0.0158. The van der Waals surface area contributed by atoms with Crippen molar-refractivity contribution in [2.75, 3.05) is 31.6 Å². The third-order valence-corrected chi connectivity index (χ3v) is 5.02. The standard InChI is InChI=1S/C20H23FN6O3/c1-2-30-20-17(21)19(23-13-6-5-8-26(11-13)16(29)12-28)24-18(25-20)14-10-22-27-9-4-3-7-15(14)27/h3-4,7,9-10,13,28H,2,5-6,8,11-12H2,1H3,(H,23,24,25)/t13-/m1/s1. The zero-order valence-corrected chi connectivity index (χ0v) is 16.6. The molecule has 0 aromatic carbocycles. The van der Waals surface area contributed by atoms with Gasteiger partial charge in [-0.05, 0) is 31.9 Å². The fourth-order valence-electron chi connectivity index (χ4n) is 3.60. The molecular weight excluding hydrogens is 391 g/mol. The summed E-state index contributed by atoms with van der Waals surface area (Å²) in [5.41, 5.74) is 1.44. The molecule has 1 fully saturated rings. The molecule has 3 aromatic rings. The highest BCUT2D eigenvalue weighted by Gasteiger charge is 2.26. The first-order valence-corrected chi connectivity index (χ1v) is 9.89. The van der Waals surface area contributed by atoms with Crippen molar-refractivity contribution < 1.29 is 19.0 Å². The molecule has 30 heavy (non-hydrogen) atoms. The number of hydrogen-bond acceptors (Lipinski definition) is 7. The lowest BCUT2D eigenvalue weighted by Crippen LogP contribution is -2.46. The highest BCUT2D eigenvalue weighted by Crippen LogP contribution is 2.29. The predicted octanol–water partition coefficient (Wildman–Crippen LogP) is 1.72. The van der Waals surface area contributed by atoms with Crippen LogP contribution >= 0.6 is 0 Å². The smallest absolute Gasteiger partial charge is 0.256 e. The monoisotopic (exact) mass is 414 g/mol. The Morgan fingerprint density at radius 1 is 1.40 bits per heavy atom. The van der Waals surface area contributed by atoms with Gasteiger partial charge in [-0.25, -0.2) is 9.50 Å². The molecule has 0 radical (unpaired) electrons. The Balaban J connectivity index is 1.68. The minimum Gasteiger partial charge on any atom is -0.476 e. The van der Waals surface area contributed by atoms with Crippen LogP contribution < -0.4 is 10.1 Å². The van der Waals surface area contributed by atoms with E-state index in [4.69, 9.17) is 9.84 Å². The van der Waals surface area contributed by atoms with Crippen molar-refractivity contribution in [3.63, 3.8) is 0 Å². The van der Waals surface area contributed by atoms with E-state index in [1.807, 2.05) is 18.2 Å². The van der Waals surface area contributed by atoms with Crippen LogP contribution in [0.4, 0.5) is 10.2 Å². The van der Waals surface area contributed by atoms with Crippen LogP contribution in [0.25, 0.3) is 16.9 Å². The van der Waals surface area contributed by atoms with E-state index in [1.54, 1.807) is 28.7 Å². The number of aliphatic hydroxyl groups excluding tert-OH is 1. The maximum atomic E-state index is 15.0. The second-order valence-electron chi connectivity index (χ2n) is 7.02. The first kappa shape index (κ1) is 20.0. The maximum Gasteiger partial charge on any atom is 0.256 e. The van der Waals surface area contributed by atoms with Crippen LogP contribution in [-0.4, -0.2) is 67.8 Å². The lowest BCUT2D eigenvalue weighted by Gasteiger charge is -2.33. The first-order valence-electron chi connectivity index (χ1n) is 9.89. The molecule has 158 valence electrons. The Morgan fingerprint density at radius 2 is 2.27 bits per heavy atom. The molecule has 3 aromatic heterocycles. The van der Waals surface area contributed by atoms with Crippen LogP contribution in [0.3, 0.4) is 0 Å². The van der Waals surface area contributed by atoms with Crippen molar-refractivity contribution in [2.45, 2.75) is 25.8 Å². The van der Waals surface area contributed by atoms with Crippen LogP contribution in [0.1, 0.15) is 19.8 Å². The van der Waals surface area contributed by atoms with Crippen LogP contribution in [0.15, 0.2) is 30.6 Å². The number of nitrogens with zero attached hydrogens (tertiary/aromatic N) is 5. The Labute approximate surface area is 172 Å². The maximum absolute atomic E-state index is 15.0. The SMILES string of the molecule is CCOc1nc(-c2cnn3ccccc23)nc(N[C@@H]2CCCN(C(=O)CO)C2)c1F. The number of piperidine rings is 1. The summed E-state index contributed by atoms with van der Waals surface area (Å²) in [6.07, 6.45) is 4.92. The molecule has 1 aliphatic heterocycles. The van der Waals surface area contributed by atoms with Gasteiger partial charge in [-0.3, -0.25) is 4.79 Å². The van der Waals surface area contributed by atoms with Crippen molar-refractivity contribution in [3.8, 4) is 17.3 Å². The number of carbonyl (C=O) groups is 1. The van der Waals surface area contributed by atoms with Gasteiger partial charge in [0, 0.05) is 25.3 Å². The number of ether oxygens (including phenoxy) is 1. The summed E-state index contributed by atoms with van der Waals surface area (Å²) in [5, 5.41) is 16.5. The topological polar surface area (TPSA) is 105 Å². The molecular formula is C20H23FN6O3. The fraction of sp³-hybridized carbons (Fsp3) is 0.400. The number of nitrogens with one attached hydrogen (secondary N) is 1. The Kier molecular flexibility index (Phi) is 5.75. The largest absolute Gasteiger partial charge is 0.476 e. The number of rotatable bonds is 6. The molecule has 4 rings (SSSR count). The molecule has 9 nitrogen and oxygen atoms in total. The summed E-state index contributed by atoms with van der Waals surface area (Å²) >= 11 is 0. The number of likely N-dealkylation sites (tertiary alicyclic amines) is 1. The van der Waals surface area contributed by atoms with Gasteiger partial charge in [0.25, 0.3) is 5.88 Å². The number of hydrogen-bond donors (Lipinski definition) is 2. The van der Waals surface area contributed by atoms with E-state index in [2.05, 4.69) is 20.4 Å². The number of halogens is 1. The first-order chi connectivity index (χ1) is 14.6. The van der Waals surface area contributed by atoms with Crippen molar-refractivity contribution in [1.29, 1.82) is 0 Å². The van der Waals surface area contributed by atoms with Gasteiger partial charge in [-0.2, -0.15) is 14.5 Å². The van der Waals surface area contributed by atoms with Gasteiger partial charge >= 0.3 is 0 Å². The third kappa shape index (κ3) is 3.90. The van der Waals surface area contributed by atoms with Crippen molar-refractivity contribution in [2.24, 2.45) is 0 Å². The average Bonchev–Trinajstić information content (AvgIpc) is 3.20. The van der Waals surface area contributed by atoms with Gasteiger partial charge in [-0.1, -0.05) is 6.07 Å². The van der Waals surface area contributed by atoms with E-state index in [0.29, 0.717) is 24.5 Å². The van der Waals surface area contributed by atoms with Gasteiger partial charge in [-0.15, -0.1) is 0 Å². The fourth-order valence-corrected chi connectivity index (χ4v) is 3.60. The zero-order chi connectivity index (χ0) is 21.1. The Hall–Kier alpha value is -3.27. The molecule has 0 unspecified atom stereocenters. The van der Waals surface area contributed by atoms with Crippen molar-refractivity contribution in [1.82, 2.24) is 24.5 Å². The van der Waals surface area contributed by atoms with E-state index < -0.39 is 12.4 Å². The zero-order valence-electron chi connectivity index (χ0n) is 16.6. The molecule has 0 spiro atoms. The van der Waals surface area contributed by atoms with Crippen LogP contribution in [-0.2, 0) is 4.79 Å². The number of carbonyl (C=O) groups excluding carboxylic acids is 1. The lowest BCUT2D eigenvalue weighted by molar-refractivity contribution is -0.135. The van der Waals surface area contributed by atoms with Gasteiger partial charge < -0.3 is 20.1 Å². The molecule has 2 N–H and O–H groups in total. The molecule has 4 heterocycles. The van der Waals surface area contributed by atoms with Gasteiger partial charge in [0.05, 0.1) is 23.9 Å². The molecule has 1 amide bonds. The third-order valence-electron chi connectivity index (χ3n) is 5.02. The summed E-state index contributed by atoms with van der Waals surface area (Å²) in [5.74, 6) is -0.849. The molecule has 1 saturated heterocycles. The number of anilines is 1. The van der Waals surface area contributed by atoms with Crippen LogP contribution in [0, 0.1) is 5.82 Å². The minimum atomic E-state index is -0.678. The van der Waals surface area contributed by atoms with E-state index in [-0.39, 0.29) is 30.3 Å². The number of aliphatic hydroxyl groups is 1. The second kappa shape index (κ2) is 8.62. The van der Waals surface area contributed by atoms with Crippen molar-refractivity contribution >= 4 is 17.2 Å². The molecule has 1 aliphatic rings. The molecule has 0 saturated carbocycles. The highest BCUT2D eigenvalue weighted by molar-refractivity contribution is 5.77. The predicted molar refractivity (Wildman–Crippen MR) is 108 cm³/mol. The number of fused-ring (bicyclic) bond motifs is 1. The van der Waals surface area contributed by atoms with Gasteiger partial charge in [0.1, 0.15) is 6.61 Å². The quantitative estimate of drug-likeness (QED) is 0.633. The summed E-state index contributed by atoms with van der Waals surface area (Å²) in [7, 11) is 0. The second-order valence-corrected chi connectivity index (χ2v) is 7.02. The molecule has 1 atom stereocenters. The lowest BCUT2D eigenvalue weighted by atomic mass is 10.1. The average molecular weight is 414 g/mol. The summed E-state index contributed by atoms with van der Waals surface area (Å²) in [4.78, 5) is 22.1. The molecule has 0 aliphatic carbocycles. The van der Waals surface area contributed by atoms with E-state index in [0.717, 1.165) is 18.4 Å². The molecule has 10 heteroatoms. The van der Waals surface area contributed by atoms with E-state index in [9.17, 15) is 4.79 Å². The number of aromatic nitrogens is 4.